The number of halogens is 3. The fourth-order valence-electron chi connectivity index (χ4n) is 2.21. The van der Waals surface area contributed by atoms with Gasteiger partial charge in [0.1, 0.15) is 0 Å². The molecule has 2 N–H and O–H groups in total. The van der Waals surface area contributed by atoms with Gasteiger partial charge in [-0.05, 0) is 30.5 Å². The second-order valence-electron chi connectivity index (χ2n) is 4.86. The minimum Gasteiger partial charge on any atom is -0.321 e. The summed E-state index contributed by atoms with van der Waals surface area (Å²) in [5.74, 6) is 0. The van der Waals surface area contributed by atoms with Crippen molar-refractivity contribution >= 4 is 10.9 Å². The Bertz CT molecular complexity index is 623. The second-order valence-corrected chi connectivity index (χ2v) is 4.86. The number of alkyl halides is 3. The molecule has 0 amide bonds. The molecule has 0 bridgehead atoms. The lowest BCUT2D eigenvalue weighted by molar-refractivity contribution is -0.140. The van der Waals surface area contributed by atoms with Crippen LogP contribution in [0.3, 0.4) is 0 Å². The van der Waals surface area contributed by atoms with Gasteiger partial charge in [0, 0.05) is 18.0 Å². The van der Waals surface area contributed by atoms with E-state index in [-0.39, 0.29) is 5.39 Å². The predicted octanol–water partition coefficient (Wildman–Crippen LogP) is 2.54. The van der Waals surface area contributed by atoms with Crippen LogP contribution in [0.2, 0.25) is 0 Å². The standard InChI is InChI=1S/C12H12F3N3/c1-18-9-3-2-7(11(16)4-5-11)6-8(9)10(17-18)12(13,14)15/h2-3,6H,4-5,16H2,1H3. The van der Waals surface area contributed by atoms with E-state index in [2.05, 4.69) is 5.10 Å². The van der Waals surface area contributed by atoms with E-state index in [0.29, 0.717) is 5.52 Å². The third kappa shape index (κ3) is 1.59. The molecular weight excluding hydrogens is 243 g/mol. The van der Waals surface area contributed by atoms with E-state index in [0.717, 1.165) is 18.4 Å². The highest BCUT2D eigenvalue weighted by atomic mass is 19.4. The van der Waals surface area contributed by atoms with Gasteiger partial charge in [-0.2, -0.15) is 18.3 Å². The first-order valence-electron chi connectivity index (χ1n) is 5.65. The summed E-state index contributed by atoms with van der Waals surface area (Å²) in [5.41, 5.74) is 5.96. The zero-order valence-corrected chi connectivity index (χ0v) is 9.75. The molecular formula is C12H12F3N3. The van der Waals surface area contributed by atoms with E-state index in [4.69, 9.17) is 5.73 Å². The Morgan fingerprint density at radius 3 is 2.56 bits per heavy atom. The van der Waals surface area contributed by atoms with E-state index >= 15 is 0 Å². The molecule has 1 aromatic carbocycles. The molecule has 0 spiro atoms. The van der Waals surface area contributed by atoms with Gasteiger partial charge in [-0.25, -0.2) is 0 Å². The Hall–Kier alpha value is -1.56. The maximum absolute atomic E-state index is 12.9. The minimum atomic E-state index is -4.44. The molecule has 0 radical (unpaired) electrons. The van der Waals surface area contributed by atoms with Crippen molar-refractivity contribution in [1.82, 2.24) is 9.78 Å². The van der Waals surface area contributed by atoms with Crippen LogP contribution in [0.5, 0.6) is 0 Å². The average molecular weight is 255 g/mol. The molecule has 0 atom stereocenters. The van der Waals surface area contributed by atoms with Crippen molar-refractivity contribution < 1.29 is 13.2 Å². The summed E-state index contributed by atoms with van der Waals surface area (Å²) < 4.78 is 39.9. The summed E-state index contributed by atoms with van der Waals surface area (Å²) >= 11 is 0. The summed E-state index contributed by atoms with van der Waals surface area (Å²) in [5, 5.41) is 3.68. The summed E-state index contributed by atoms with van der Waals surface area (Å²) in [7, 11) is 1.51. The highest BCUT2D eigenvalue weighted by molar-refractivity contribution is 5.83. The third-order valence-corrected chi connectivity index (χ3v) is 3.48. The SMILES string of the molecule is Cn1nc(C(F)(F)F)c2cc(C3(N)CC3)ccc21. The summed E-state index contributed by atoms with van der Waals surface area (Å²) in [6.07, 6.45) is -2.80. The van der Waals surface area contributed by atoms with Crippen LogP contribution in [0.4, 0.5) is 13.2 Å². The molecule has 1 saturated carbocycles. The molecule has 3 rings (SSSR count). The van der Waals surface area contributed by atoms with Crippen LogP contribution in [0.1, 0.15) is 24.1 Å². The number of fused-ring (bicyclic) bond motifs is 1. The number of hydrogen-bond donors (Lipinski definition) is 1. The Labute approximate surface area is 101 Å². The Balaban J connectivity index is 2.25. The van der Waals surface area contributed by atoms with E-state index in [1.165, 1.54) is 17.8 Å². The quantitative estimate of drug-likeness (QED) is 0.851. The average Bonchev–Trinajstić information content (AvgIpc) is 2.94. The zero-order chi connectivity index (χ0) is 13.1. The first kappa shape index (κ1) is 11.5. The maximum atomic E-state index is 12.9. The molecule has 2 aromatic rings. The van der Waals surface area contributed by atoms with Crippen molar-refractivity contribution in [2.75, 3.05) is 0 Å². The van der Waals surface area contributed by atoms with Gasteiger partial charge >= 0.3 is 6.18 Å². The molecule has 18 heavy (non-hydrogen) atoms. The van der Waals surface area contributed by atoms with Crippen LogP contribution >= 0.6 is 0 Å². The van der Waals surface area contributed by atoms with Gasteiger partial charge in [-0.1, -0.05) is 6.07 Å². The van der Waals surface area contributed by atoms with Crippen LogP contribution in [0, 0.1) is 0 Å². The van der Waals surface area contributed by atoms with Gasteiger partial charge in [0.25, 0.3) is 0 Å². The molecule has 1 aliphatic rings. The number of aryl methyl sites for hydroxylation is 1. The van der Waals surface area contributed by atoms with Crippen molar-refractivity contribution in [2.24, 2.45) is 12.8 Å². The van der Waals surface area contributed by atoms with Crippen molar-refractivity contribution in [3.05, 3.63) is 29.5 Å². The van der Waals surface area contributed by atoms with Gasteiger partial charge in [0.05, 0.1) is 5.52 Å². The molecule has 1 fully saturated rings. The Morgan fingerprint density at radius 1 is 1.33 bits per heavy atom. The van der Waals surface area contributed by atoms with Crippen LogP contribution < -0.4 is 5.73 Å². The van der Waals surface area contributed by atoms with Crippen LogP contribution in [-0.4, -0.2) is 9.78 Å². The maximum Gasteiger partial charge on any atom is 0.435 e. The molecule has 6 heteroatoms. The number of nitrogens with two attached hydrogens (primary N) is 1. The zero-order valence-electron chi connectivity index (χ0n) is 9.75. The summed E-state index contributed by atoms with van der Waals surface area (Å²) in [4.78, 5) is 0. The van der Waals surface area contributed by atoms with Gasteiger partial charge in [-0.15, -0.1) is 0 Å². The van der Waals surface area contributed by atoms with E-state index < -0.39 is 17.4 Å². The molecule has 1 aliphatic carbocycles. The number of hydrogen-bond acceptors (Lipinski definition) is 2. The van der Waals surface area contributed by atoms with Gasteiger partial charge in [-0.3, -0.25) is 4.68 Å². The smallest absolute Gasteiger partial charge is 0.321 e. The van der Waals surface area contributed by atoms with Crippen molar-refractivity contribution in [1.29, 1.82) is 0 Å². The van der Waals surface area contributed by atoms with E-state index in [1.807, 2.05) is 0 Å². The monoisotopic (exact) mass is 255 g/mol. The number of aromatic nitrogens is 2. The van der Waals surface area contributed by atoms with Crippen LogP contribution in [-0.2, 0) is 18.8 Å². The summed E-state index contributed by atoms with van der Waals surface area (Å²) in [6.45, 7) is 0. The van der Waals surface area contributed by atoms with Crippen molar-refractivity contribution in [3.63, 3.8) is 0 Å². The first-order valence-corrected chi connectivity index (χ1v) is 5.65. The Morgan fingerprint density at radius 2 is 2.00 bits per heavy atom. The molecule has 0 unspecified atom stereocenters. The first-order chi connectivity index (χ1) is 8.31. The summed E-state index contributed by atoms with van der Waals surface area (Å²) in [6, 6.07) is 4.97. The molecule has 0 saturated heterocycles. The second kappa shape index (κ2) is 3.26. The van der Waals surface area contributed by atoms with Crippen LogP contribution in [0.25, 0.3) is 10.9 Å². The van der Waals surface area contributed by atoms with Crippen molar-refractivity contribution in [2.45, 2.75) is 24.6 Å². The normalized spacial score (nSPS) is 18.3. The number of benzene rings is 1. The predicted molar refractivity (Wildman–Crippen MR) is 60.8 cm³/mol. The third-order valence-electron chi connectivity index (χ3n) is 3.48. The van der Waals surface area contributed by atoms with Gasteiger partial charge in [0.15, 0.2) is 5.69 Å². The highest BCUT2D eigenvalue weighted by Gasteiger charge is 2.41. The molecule has 3 nitrogen and oxygen atoms in total. The highest BCUT2D eigenvalue weighted by Crippen LogP contribution is 2.44. The Kier molecular flexibility index (Phi) is 2.09. The van der Waals surface area contributed by atoms with Crippen LogP contribution in [0.15, 0.2) is 18.2 Å². The lowest BCUT2D eigenvalue weighted by Crippen LogP contribution is -2.18. The fraction of sp³-hybridized carbons (Fsp3) is 0.417. The van der Waals surface area contributed by atoms with Gasteiger partial charge < -0.3 is 5.73 Å². The fourth-order valence-corrected chi connectivity index (χ4v) is 2.21. The lowest BCUT2D eigenvalue weighted by Gasteiger charge is -2.09. The minimum absolute atomic E-state index is 0.124. The number of nitrogens with zero attached hydrogens (tertiary/aromatic N) is 2. The largest absolute Gasteiger partial charge is 0.435 e. The van der Waals surface area contributed by atoms with E-state index in [9.17, 15) is 13.2 Å². The topological polar surface area (TPSA) is 43.8 Å². The lowest BCUT2D eigenvalue weighted by atomic mass is 10.0. The van der Waals surface area contributed by atoms with E-state index in [1.54, 1.807) is 12.1 Å². The molecule has 96 valence electrons. The van der Waals surface area contributed by atoms with Crippen molar-refractivity contribution in [3.8, 4) is 0 Å². The molecule has 1 aromatic heterocycles. The molecule has 1 heterocycles. The number of rotatable bonds is 1. The molecule has 0 aliphatic heterocycles. The van der Waals surface area contributed by atoms with Gasteiger partial charge in [0.2, 0.25) is 0 Å².